The monoisotopic (exact) mass is 310 g/mol. The summed E-state index contributed by atoms with van der Waals surface area (Å²) in [4.78, 5) is 14.2. The summed E-state index contributed by atoms with van der Waals surface area (Å²) in [6.07, 6.45) is 1.69. The normalized spacial score (nSPS) is 13.3. The van der Waals surface area contributed by atoms with Crippen molar-refractivity contribution < 1.29 is 9.53 Å². The number of benzene rings is 2. The summed E-state index contributed by atoms with van der Waals surface area (Å²) in [5, 5.41) is 3.01. The van der Waals surface area contributed by atoms with Gasteiger partial charge in [0.25, 0.3) is 0 Å². The summed E-state index contributed by atoms with van der Waals surface area (Å²) in [6.45, 7) is 2.07. The molecule has 1 aliphatic heterocycles. The first-order valence-corrected chi connectivity index (χ1v) is 7.99. The number of ether oxygens (including phenoxy) is 1. The van der Waals surface area contributed by atoms with Crippen LogP contribution in [0.4, 0.5) is 4.79 Å². The van der Waals surface area contributed by atoms with E-state index in [4.69, 9.17) is 4.74 Å². The third-order valence-electron chi connectivity index (χ3n) is 4.28. The van der Waals surface area contributed by atoms with Gasteiger partial charge in [-0.1, -0.05) is 42.5 Å². The van der Waals surface area contributed by atoms with Crippen molar-refractivity contribution in [3.63, 3.8) is 0 Å². The SMILES string of the molecule is COc1ccccc1CCNC(=O)N1CCc2ccccc2C1. The number of nitrogens with one attached hydrogen (secondary N) is 1. The third kappa shape index (κ3) is 3.65. The number of urea groups is 1. The highest BCUT2D eigenvalue weighted by Crippen LogP contribution is 2.19. The first kappa shape index (κ1) is 15.4. The largest absolute Gasteiger partial charge is 0.496 e. The lowest BCUT2D eigenvalue weighted by molar-refractivity contribution is 0.192. The van der Waals surface area contributed by atoms with Crippen LogP contribution in [0.1, 0.15) is 16.7 Å². The minimum Gasteiger partial charge on any atom is -0.496 e. The summed E-state index contributed by atoms with van der Waals surface area (Å²) in [7, 11) is 1.67. The number of carbonyl (C=O) groups is 1. The van der Waals surface area contributed by atoms with E-state index in [-0.39, 0.29) is 6.03 Å². The molecule has 2 aromatic carbocycles. The highest BCUT2D eigenvalue weighted by atomic mass is 16.5. The number of fused-ring (bicyclic) bond motifs is 1. The lowest BCUT2D eigenvalue weighted by Crippen LogP contribution is -2.43. The Morgan fingerprint density at radius 1 is 1.13 bits per heavy atom. The van der Waals surface area contributed by atoms with Gasteiger partial charge in [0.2, 0.25) is 0 Å². The second kappa shape index (κ2) is 7.18. The van der Waals surface area contributed by atoms with Gasteiger partial charge in [-0.05, 0) is 35.6 Å². The molecule has 0 radical (unpaired) electrons. The van der Waals surface area contributed by atoms with Crippen molar-refractivity contribution in [2.75, 3.05) is 20.2 Å². The van der Waals surface area contributed by atoms with Gasteiger partial charge in [0.05, 0.1) is 7.11 Å². The summed E-state index contributed by atoms with van der Waals surface area (Å²) >= 11 is 0. The molecule has 23 heavy (non-hydrogen) atoms. The van der Waals surface area contributed by atoms with E-state index in [2.05, 4.69) is 23.5 Å². The van der Waals surface area contributed by atoms with E-state index in [1.165, 1.54) is 11.1 Å². The Bertz CT molecular complexity index is 685. The average molecular weight is 310 g/mol. The number of nitrogens with zero attached hydrogens (tertiary/aromatic N) is 1. The van der Waals surface area contributed by atoms with Crippen molar-refractivity contribution in [1.82, 2.24) is 10.2 Å². The maximum absolute atomic E-state index is 12.3. The predicted molar refractivity (Wildman–Crippen MR) is 90.7 cm³/mol. The Labute approximate surface area is 137 Å². The Balaban J connectivity index is 1.52. The molecular weight excluding hydrogens is 288 g/mol. The minimum absolute atomic E-state index is 0.00870. The van der Waals surface area contributed by atoms with Crippen LogP contribution in [0, 0.1) is 0 Å². The van der Waals surface area contributed by atoms with Gasteiger partial charge >= 0.3 is 6.03 Å². The summed E-state index contributed by atoms with van der Waals surface area (Å²) in [5.74, 6) is 0.869. The van der Waals surface area contributed by atoms with Gasteiger partial charge in [-0.15, -0.1) is 0 Å². The first-order valence-electron chi connectivity index (χ1n) is 7.99. The second-order valence-electron chi connectivity index (χ2n) is 5.73. The lowest BCUT2D eigenvalue weighted by atomic mass is 10.0. The van der Waals surface area contributed by atoms with Crippen LogP contribution in [0.15, 0.2) is 48.5 Å². The molecule has 0 unspecified atom stereocenters. The fourth-order valence-electron chi connectivity index (χ4n) is 2.99. The molecule has 3 rings (SSSR count). The van der Waals surface area contributed by atoms with Crippen LogP contribution in [-0.2, 0) is 19.4 Å². The number of carbonyl (C=O) groups excluding carboxylic acids is 1. The molecule has 0 bridgehead atoms. The highest BCUT2D eigenvalue weighted by molar-refractivity contribution is 5.74. The van der Waals surface area contributed by atoms with E-state index in [0.29, 0.717) is 13.1 Å². The van der Waals surface area contributed by atoms with E-state index in [1.54, 1.807) is 7.11 Å². The molecule has 2 aromatic rings. The molecule has 1 N–H and O–H groups in total. The molecule has 1 heterocycles. The fraction of sp³-hybridized carbons (Fsp3) is 0.316. The van der Waals surface area contributed by atoms with Gasteiger partial charge in [-0.2, -0.15) is 0 Å². The summed E-state index contributed by atoms with van der Waals surface area (Å²) < 4.78 is 5.34. The van der Waals surface area contributed by atoms with Crippen LogP contribution in [0.2, 0.25) is 0 Å². The van der Waals surface area contributed by atoms with Crippen molar-refractivity contribution in [2.45, 2.75) is 19.4 Å². The van der Waals surface area contributed by atoms with Gasteiger partial charge in [0.1, 0.15) is 5.75 Å². The number of methoxy groups -OCH3 is 1. The van der Waals surface area contributed by atoms with Crippen molar-refractivity contribution >= 4 is 6.03 Å². The molecule has 0 fully saturated rings. The first-order chi connectivity index (χ1) is 11.3. The van der Waals surface area contributed by atoms with Gasteiger partial charge in [0, 0.05) is 19.6 Å². The Morgan fingerprint density at radius 3 is 2.70 bits per heavy atom. The average Bonchev–Trinajstić information content (AvgIpc) is 2.61. The molecule has 2 amide bonds. The smallest absolute Gasteiger partial charge is 0.317 e. The van der Waals surface area contributed by atoms with Crippen molar-refractivity contribution in [3.8, 4) is 5.75 Å². The Kier molecular flexibility index (Phi) is 4.81. The van der Waals surface area contributed by atoms with Crippen molar-refractivity contribution in [1.29, 1.82) is 0 Å². The number of hydrogen-bond donors (Lipinski definition) is 1. The number of amides is 2. The summed E-state index contributed by atoms with van der Waals surface area (Å²) in [5.41, 5.74) is 3.71. The third-order valence-corrected chi connectivity index (χ3v) is 4.28. The molecular formula is C19H22N2O2. The second-order valence-corrected chi connectivity index (χ2v) is 5.73. The number of hydrogen-bond acceptors (Lipinski definition) is 2. The number of para-hydroxylation sites is 1. The predicted octanol–water partition coefficient (Wildman–Crippen LogP) is 3.01. The standard InChI is InChI=1S/C19H22N2O2/c1-23-18-9-5-4-7-16(18)10-12-20-19(22)21-13-11-15-6-2-3-8-17(15)14-21/h2-9H,10-14H2,1H3,(H,20,22). The van der Waals surface area contributed by atoms with Gasteiger partial charge in [-0.25, -0.2) is 4.79 Å². The molecule has 0 saturated heterocycles. The molecule has 4 nitrogen and oxygen atoms in total. The fourth-order valence-corrected chi connectivity index (χ4v) is 2.99. The quantitative estimate of drug-likeness (QED) is 0.943. The van der Waals surface area contributed by atoms with Gasteiger partial charge in [0.15, 0.2) is 0 Å². The van der Waals surface area contributed by atoms with E-state index in [9.17, 15) is 4.79 Å². The van der Waals surface area contributed by atoms with E-state index < -0.39 is 0 Å². The van der Waals surface area contributed by atoms with Crippen LogP contribution < -0.4 is 10.1 Å². The lowest BCUT2D eigenvalue weighted by Gasteiger charge is -2.29. The maximum atomic E-state index is 12.3. The highest BCUT2D eigenvalue weighted by Gasteiger charge is 2.19. The van der Waals surface area contributed by atoms with Crippen molar-refractivity contribution in [2.24, 2.45) is 0 Å². The number of rotatable bonds is 4. The van der Waals surface area contributed by atoms with Gasteiger partial charge in [-0.3, -0.25) is 0 Å². The Hall–Kier alpha value is -2.49. The van der Waals surface area contributed by atoms with Crippen LogP contribution in [-0.4, -0.2) is 31.1 Å². The molecule has 0 aromatic heterocycles. The molecule has 1 aliphatic rings. The van der Waals surface area contributed by atoms with Crippen LogP contribution in [0.3, 0.4) is 0 Å². The summed E-state index contributed by atoms with van der Waals surface area (Å²) in [6, 6.07) is 16.3. The zero-order valence-electron chi connectivity index (χ0n) is 13.4. The topological polar surface area (TPSA) is 41.6 Å². The minimum atomic E-state index is 0.00870. The van der Waals surface area contributed by atoms with Crippen molar-refractivity contribution in [3.05, 3.63) is 65.2 Å². The van der Waals surface area contributed by atoms with Gasteiger partial charge < -0.3 is 15.0 Å². The van der Waals surface area contributed by atoms with E-state index in [1.807, 2.05) is 35.2 Å². The molecule has 120 valence electrons. The molecule has 4 heteroatoms. The molecule has 0 saturated carbocycles. The maximum Gasteiger partial charge on any atom is 0.317 e. The zero-order chi connectivity index (χ0) is 16.1. The van der Waals surface area contributed by atoms with E-state index in [0.717, 1.165) is 30.7 Å². The van der Waals surface area contributed by atoms with Crippen LogP contribution in [0.25, 0.3) is 0 Å². The van der Waals surface area contributed by atoms with Crippen LogP contribution in [0.5, 0.6) is 5.75 Å². The molecule has 0 aliphatic carbocycles. The zero-order valence-corrected chi connectivity index (χ0v) is 13.4. The Morgan fingerprint density at radius 2 is 1.87 bits per heavy atom. The van der Waals surface area contributed by atoms with Crippen LogP contribution >= 0.6 is 0 Å². The molecule has 0 spiro atoms. The van der Waals surface area contributed by atoms with E-state index >= 15 is 0 Å². The molecule has 0 atom stereocenters.